The van der Waals surface area contributed by atoms with Crippen molar-refractivity contribution in [2.24, 2.45) is 0 Å². The molecule has 3 nitrogen and oxygen atoms in total. The zero-order chi connectivity index (χ0) is 14.6. The van der Waals surface area contributed by atoms with Gasteiger partial charge in [0.25, 0.3) is 0 Å². The number of nitrogens with zero attached hydrogens (tertiary/aromatic N) is 2. The molecule has 0 aliphatic rings. The van der Waals surface area contributed by atoms with E-state index in [1.165, 1.54) is 6.92 Å². The van der Waals surface area contributed by atoms with Gasteiger partial charge in [0.1, 0.15) is 0 Å². The van der Waals surface area contributed by atoms with E-state index in [9.17, 15) is 13.2 Å². The maximum atomic E-state index is 12.3. The molecule has 0 radical (unpaired) electrons. The van der Waals surface area contributed by atoms with Crippen LogP contribution in [-0.2, 0) is 6.54 Å². The largest absolute Gasteiger partial charge is 0.390 e. The van der Waals surface area contributed by atoms with Crippen LogP contribution >= 0.6 is 0 Å². The highest BCUT2D eigenvalue weighted by molar-refractivity contribution is 5.40. The molecule has 6 heteroatoms. The first kappa shape index (κ1) is 14.6. The van der Waals surface area contributed by atoms with Gasteiger partial charge in [-0.1, -0.05) is 18.2 Å². The van der Waals surface area contributed by atoms with Crippen LogP contribution in [0.25, 0.3) is 5.69 Å². The van der Waals surface area contributed by atoms with Crippen LogP contribution in [0.4, 0.5) is 13.2 Å². The fourth-order valence-corrected chi connectivity index (χ4v) is 2.02. The number of rotatable bonds is 5. The summed E-state index contributed by atoms with van der Waals surface area (Å²) >= 11 is 0. The highest BCUT2D eigenvalue weighted by Crippen LogP contribution is 2.22. The maximum absolute atomic E-state index is 12.3. The van der Waals surface area contributed by atoms with Gasteiger partial charge < -0.3 is 9.88 Å². The third-order valence-electron chi connectivity index (χ3n) is 2.95. The zero-order valence-electron chi connectivity index (χ0n) is 11.1. The van der Waals surface area contributed by atoms with Crippen molar-refractivity contribution in [3.63, 3.8) is 0 Å². The van der Waals surface area contributed by atoms with E-state index in [2.05, 4.69) is 10.3 Å². The van der Waals surface area contributed by atoms with Gasteiger partial charge >= 0.3 is 6.18 Å². The Kier molecular flexibility index (Phi) is 4.44. The van der Waals surface area contributed by atoms with Crippen molar-refractivity contribution in [1.82, 2.24) is 14.9 Å². The average Bonchev–Trinajstić information content (AvgIpc) is 2.88. The Bertz CT molecular complexity index is 535. The summed E-state index contributed by atoms with van der Waals surface area (Å²) in [6.07, 6.45) is 0.156. The molecule has 1 atom stereocenters. The number of para-hydroxylation sites is 1. The maximum Gasteiger partial charge on any atom is 0.390 e. The van der Waals surface area contributed by atoms with Crippen LogP contribution in [0.2, 0.25) is 0 Å². The fraction of sp³-hybridized carbons (Fsp3) is 0.357. The Labute approximate surface area is 115 Å². The molecule has 0 unspecified atom stereocenters. The molecule has 0 aliphatic heterocycles. The Morgan fingerprint density at radius 2 is 2.05 bits per heavy atom. The predicted molar refractivity (Wildman–Crippen MR) is 70.5 cm³/mol. The van der Waals surface area contributed by atoms with Gasteiger partial charge in [-0.05, 0) is 18.6 Å². The van der Waals surface area contributed by atoms with E-state index in [1.54, 1.807) is 18.7 Å². The minimum Gasteiger partial charge on any atom is -0.310 e. The smallest absolute Gasteiger partial charge is 0.310 e. The second-order valence-corrected chi connectivity index (χ2v) is 4.70. The molecular formula is C14H16F3N3. The molecule has 1 N–H and O–H groups in total. The Hall–Kier alpha value is -1.82. The molecule has 0 aliphatic carbocycles. The van der Waals surface area contributed by atoms with Crippen LogP contribution in [0.15, 0.2) is 43.0 Å². The van der Waals surface area contributed by atoms with Crippen LogP contribution in [0.1, 0.15) is 18.9 Å². The Morgan fingerprint density at radius 1 is 1.30 bits per heavy atom. The summed E-state index contributed by atoms with van der Waals surface area (Å²) in [6, 6.07) is 6.94. The number of alkyl halides is 3. The first-order valence-electron chi connectivity index (χ1n) is 6.32. The molecule has 0 saturated heterocycles. The summed E-state index contributed by atoms with van der Waals surface area (Å²) in [5, 5.41) is 2.90. The summed E-state index contributed by atoms with van der Waals surface area (Å²) in [5.74, 6) is 0. The van der Waals surface area contributed by atoms with Crippen molar-refractivity contribution < 1.29 is 13.2 Å². The molecule has 0 bridgehead atoms. The van der Waals surface area contributed by atoms with Crippen molar-refractivity contribution in [3.8, 4) is 5.69 Å². The van der Waals surface area contributed by atoms with E-state index in [-0.39, 0.29) is 0 Å². The van der Waals surface area contributed by atoms with Gasteiger partial charge in [0.05, 0.1) is 18.4 Å². The van der Waals surface area contributed by atoms with Crippen LogP contribution in [0, 0.1) is 0 Å². The van der Waals surface area contributed by atoms with Gasteiger partial charge in [-0.25, -0.2) is 4.98 Å². The monoisotopic (exact) mass is 283 g/mol. The highest BCUT2D eigenvalue weighted by Gasteiger charge is 2.29. The summed E-state index contributed by atoms with van der Waals surface area (Å²) < 4.78 is 38.7. The van der Waals surface area contributed by atoms with E-state index in [4.69, 9.17) is 0 Å². The standard InChI is InChI=1S/C14H16F3N3/c1-11(8-14(15,16)17)19-9-12-4-2-3-5-13(12)20-7-6-18-10-20/h2-7,10-11,19H,8-9H2,1H3/t11-/m1/s1. The lowest BCUT2D eigenvalue weighted by Gasteiger charge is -2.17. The third-order valence-corrected chi connectivity index (χ3v) is 2.95. The van der Waals surface area contributed by atoms with Crippen molar-refractivity contribution in [2.45, 2.75) is 32.1 Å². The fourth-order valence-electron chi connectivity index (χ4n) is 2.02. The average molecular weight is 283 g/mol. The molecule has 2 aromatic rings. The summed E-state index contributed by atoms with van der Waals surface area (Å²) in [4.78, 5) is 3.98. The molecule has 0 fully saturated rings. The summed E-state index contributed by atoms with van der Waals surface area (Å²) in [5.41, 5.74) is 1.84. The number of imidazole rings is 1. The molecule has 0 spiro atoms. The van der Waals surface area contributed by atoms with Gasteiger partial charge in [0, 0.05) is 25.0 Å². The molecule has 0 amide bonds. The van der Waals surface area contributed by atoms with E-state index in [0.717, 1.165) is 11.3 Å². The lowest BCUT2D eigenvalue weighted by molar-refractivity contribution is -0.139. The minimum atomic E-state index is -4.14. The van der Waals surface area contributed by atoms with E-state index < -0.39 is 18.6 Å². The van der Waals surface area contributed by atoms with E-state index in [0.29, 0.717) is 6.54 Å². The lowest BCUT2D eigenvalue weighted by atomic mass is 10.1. The lowest BCUT2D eigenvalue weighted by Crippen LogP contribution is -2.31. The van der Waals surface area contributed by atoms with Gasteiger partial charge in [-0.15, -0.1) is 0 Å². The zero-order valence-corrected chi connectivity index (χ0v) is 11.1. The first-order valence-corrected chi connectivity index (χ1v) is 6.32. The third kappa shape index (κ3) is 4.09. The SMILES string of the molecule is C[C@H](CC(F)(F)F)NCc1ccccc1-n1ccnc1. The summed E-state index contributed by atoms with van der Waals surface area (Å²) in [6.45, 7) is 1.92. The van der Waals surface area contributed by atoms with Gasteiger partial charge in [-0.3, -0.25) is 0 Å². The molecule has 1 aromatic heterocycles. The van der Waals surface area contributed by atoms with Gasteiger partial charge in [0.2, 0.25) is 0 Å². The van der Waals surface area contributed by atoms with Gasteiger partial charge in [-0.2, -0.15) is 13.2 Å². The summed E-state index contributed by atoms with van der Waals surface area (Å²) in [7, 11) is 0. The Morgan fingerprint density at radius 3 is 2.70 bits per heavy atom. The number of halogens is 3. The molecule has 1 heterocycles. The van der Waals surface area contributed by atoms with E-state index in [1.807, 2.05) is 28.8 Å². The number of hydrogen-bond donors (Lipinski definition) is 1. The predicted octanol–water partition coefficient (Wildman–Crippen LogP) is 3.30. The molecule has 1 aromatic carbocycles. The van der Waals surface area contributed by atoms with Crippen LogP contribution in [0.5, 0.6) is 0 Å². The number of hydrogen-bond acceptors (Lipinski definition) is 2. The number of nitrogens with one attached hydrogen (secondary N) is 1. The van der Waals surface area contributed by atoms with Crippen LogP contribution in [-0.4, -0.2) is 21.8 Å². The van der Waals surface area contributed by atoms with Crippen molar-refractivity contribution >= 4 is 0 Å². The first-order chi connectivity index (χ1) is 9.46. The molecular weight excluding hydrogens is 267 g/mol. The van der Waals surface area contributed by atoms with Crippen molar-refractivity contribution in [1.29, 1.82) is 0 Å². The highest BCUT2D eigenvalue weighted by atomic mass is 19.4. The molecule has 20 heavy (non-hydrogen) atoms. The molecule has 108 valence electrons. The second kappa shape index (κ2) is 6.09. The van der Waals surface area contributed by atoms with Crippen LogP contribution in [0.3, 0.4) is 0 Å². The van der Waals surface area contributed by atoms with E-state index >= 15 is 0 Å². The normalized spacial score (nSPS) is 13.4. The quantitative estimate of drug-likeness (QED) is 0.912. The molecule has 0 saturated carbocycles. The minimum absolute atomic E-state index is 0.381. The second-order valence-electron chi connectivity index (χ2n) is 4.70. The van der Waals surface area contributed by atoms with Crippen LogP contribution < -0.4 is 5.32 Å². The number of benzene rings is 1. The number of aromatic nitrogens is 2. The van der Waals surface area contributed by atoms with Gasteiger partial charge in [0.15, 0.2) is 0 Å². The van der Waals surface area contributed by atoms with Crippen molar-refractivity contribution in [3.05, 3.63) is 48.5 Å². The topological polar surface area (TPSA) is 29.9 Å². The Balaban J connectivity index is 2.04. The molecule has 2 rings (SSSR count). The van der Waals surface area contributed by atoms with Crippen molar-refractivity contribution in [2.75, 3.05) is 0 Å².